The second-order valence-corrected chi connectivity index (χ2v) is 9.42. The maximum absolute atomic E-state index is 12.9. The summed E-state index contributed by atoms with van der Waals surface area (Å²) in [4.78, 5) is 25.3. The Morgan fingerprint density at radius 2 is 2.03 bits per heavy atom. The standard InChI is InChI=1S/C24H30ClN3O4/c1-3-19-21-20(12-24(15-26-22(21)29)8-10-31-11-9-24)28(27-19)13-16(2)14-32-23(30)17-4-6-18(25)7-5-17/h4-7,16H,3,8-15H2,1-2H3,(H,26,29)/t16-/m1/s1. The number of carbonyl (C=O) groups excluding carboxylic acids is 2. The summed E-state index contributed by atoms with van der Waals surface area (Å²) in [7, 11) is 0. The monoisotopic (exact) mass is 459 g/mol. The number of rotatable bonds is 6. The molecule has 3 heterocycles. The molecule has 1 amide bonds. The molecule has 0 bridgehead atoms. The average molecular weight is 460 g/mol. The van der Waals surface area contributed by atoms with Crippen LogP contribution in [0.2, 0.25) is 5.02 Å². The number of aromatic nitrogens is 2. The van der Waals surface area contributed by atoms with Crippen molar-refractivity contribution in [1.82, 2.24) is 15.1 Å². The highest BCUT2D eigenvalue weighted by molar-refractivity contribution is 6.30. The van der Waals surface area contributed by atoms with Crippen LogP contribution >= 0.6 is 11.6 Å². The van der Waals surface area contributed by atoms with Gasteiger partial charge in [0, 0.05) is 37.2 Å². The van der Waals surface area contributed by atoms with Gasteiger partial charge in [0.2, 0.25) is 0 Å². The van der Waals surface area contributed by atoms with Gasteiger partial charge in [0.15, 0.2) is 0 Å². The van der Waals surface area contributed by atoms with Gasteiger partial charge in [-0.05, 0) is 55.4 Å². The van der Waals surface area contributed by atoms with E-state index >= 15 is 0 Å². The topological polar surface area (TPSA) is 82.5 Å². The molecule has 2 aromatic rings. The predicted molar refractivity (Wildman–Crippen MR) is 121 cm³/mol. The van der Waals surface area contributed by atoms with Gasteiger partial charge in [-0.1, -0.05) is 25.4 Å². The van der Waals surface area contributed by atoms with Gasteiger partial charge < -0.3 is 14.8 Å². The molecule has 172 valence electrons. The molecule has 0 saturated carbocycles. The number of amides is 1. The lowest BCUT2D eigenvalue weighted by Crippen LogP contribution is -2.41. The number of hydrogen-bond acceptors (Lipinski definition) is 5. The predicted octanol–water partition coefficient (Wildman–Crippen LogP) is 3.67. The molecular formula is C24H30ClN3O4. The van der Waals surface area contributed by atoms with E-state index in [1.807, 2.05) is 18.5 Å². The zero-order chi connectivity index (χ0) is 22.7. The van der Waals surface area contributed by atoms with Crippen molar-refractivity contribution in [2.24, 2.45) is 11.3 Å². The van der Waals surface area contributed by atoms with E-state index in [4.69, 9.17) is 26.2 Å². The average Bonchev–Trinajstić information content (AvgIpc) is 3.06. The molecule has 1 N–H and O–H groups in total. The Balaban J connectivity index is 1.49. The molecule has 0 aliphatic carbocycles. The number of fused-ring (bicyclic) bond motifs is 1. The quantitative estimate of drug-likeness (QED) is 0.666. The van der Waals surface area contributed by atoms with E-state index in [1.165, 1.54) is 0 Å². The molecule has 7 nitrogen and oxygen atoms in total. The number of hydrogen-bond donors (Lipinski definition) is 1. The molecule has 0 radical (unpaired) electrons. The fourth-order valence-electron chi connectivity index (χ4n) is 4.56. The Morgan fingerprint density at radius 3 is 2.72 bits per heavy atom. The molecule has 1 aromatic carbocycles. The van der Waals surface area contributed by atoms with Crippen molar-refractivity contribution in [2.75, 3.05) is 26.4 Å². The first kappa shape index (κ1) is 22.8. The Hall–Kier alpha value is -2.38. The van der Waals surface area contributed by atoms with Crippen LogP contribution in [-0.2, 0) is 28.9 Å². The maximum Gasteiger partial charge on any atom is 0.338 e. The maximum atomic E-state index is 12.9. The molecule has 1 atom stereocenters. The fraction of sp³-hybridized carbons (Fsp3) is 0.542. The second kappa shape index (κ2) is 9.63. The highest BCUT2D eigenvalue weighted by Gasteiger charge is 2.39. The molecular weight excluding hydrogens is 430 g/mol. The summed E-state index contributed by atoms with van der Waals surface area (Å²) in [5.41, 5.74) is 3.02. The summed E-state index contributed by atoms with van der Waals surface area (Å²) >= 11 is 5.88. The van der Waals surface area contributed by atoms with E-state index in [9.17, 15) is 9.59 Å². The summed E-state index contributed by atoms with van der Waals surface area (Å²) in [6.07, 6.45) is 3.34. The molecule has 4 rings (SSSR count). The number of carbonyl (C=O) groups is 2. The molecule has 1 fully saturated rings. The van der Waals surface area contributed by atoms with Crippen LogP contribution in [-0.4, -0.2) is 48.0 Å². The van der Waals surface area contributed by atoms with Gasteiger partial charge in [-0.2, -0.15) is 5.10 Å². The van der Waals surface area contributed by atoms with Gasteiger partial charge in [-0.15, -0.1) is 0 Å². The smallest absolute Gasteiger partial charge is 0.338 e. The van der Waals surface area contributed by atoms with Crippen LogP contribution in [0.1, 0.15) is 58.8 Å². The molecule has 1 saturated heterocycles. The Bertz CT molecular complexity index is 980. The molecule has 2 aliphatic rings. The zero-order valence-electron chi connectivity index (χ0n) is 18.7. The second-order valence-electron chi connectivity index (χ2n) is 8.99. The third kappa shape index (κ3) is 4.84. The number of halogens is 1. The molecule has 1 aromatic heterocycles. The number of nitrogens with one attached hydrogen (secondary N) is 1. The van der Waals surface area contributed by atoms with Crippen LogP contribution in [0.3, 0.4) is 0 Å². The molecule has 8 heteroatoms. The number of aryl methyl sites for hydroxylation is 1. The Kier molecular flexibility index (Phi) is 6.86. The summed E-state index contributed by atoms with van der Waals surface area (Å²) in [6, 6.07) is 6.65. The van der Waals surface area contributed by atoms with Crippen molar-refractivity contribution >= 4 is 23.5 Å². The van der Waals surface area contributed by atoms with Crippen LogP contribution in [0.25, 0.3) is 0 Å². The first-order valence-corrected chi connectivity index (χ1v) is 11.7. The summed E-state index contributed by atoms with van der Waals surface area (Å²) < 4.78 is 13.1. The first-order valence-electron chi connectivity index (χ1n) is 11.3. The molecule has 2 aliphatic heterocycles. The van der Waals surface area contributed by atoms with Crippen LogP contribution < -0.4 is 5.32 Å². The molecule has 0 unspecified atom stereocenters. The first-order chi connectivity index (χ1) is 15.4. The van der Waals surface area contributed by atoms with Crippen molar-refractivity contribution in [1.29, 1.82) is 0 Å². The summed E-state index contributed by atoms with van der Waals surface area (Å²) in [5.74, 6) is -0.368. The largest absolute Gasteiger partial charge is 0.462 e. The number of nitrogens with zero attached hydrogens (tertiary/aromatic N) is 2. The van der Waals surface area contributed by atoms with Gasteiger partial charge in [0.25, 0.3) is 5.91 Å². The highest BCUT2D eigenvalue weighted by atomic mass is 35.5. The van der Waals surface area contributed by atoms with E-state index in [0.717, 1.165) is 49.4 Å². The van der Waals surface area contributed by atoms with E-state index in [2.05, 4.69) is 5.32 Å². The normalized spacial score (nSPS) is 18.5. The third-order valence-corrected chi connectivity index (χ3v) is 6.73. The van der Waals surface area contributed by atoms with Gasteiger partial charge in [0.05, 0.1) is 29.1 Å². The van der Waals surface area contributed by atoms with E-state index in [0.29, 0.717) is 30.1 Å². The Morgan fingerprint density at radius 1 is 1.31 bits per heavy atom. The van der Waals surface area contributed by atoms with Crippen molar-refractivity contribution in [3.8, 4) is 0 Å². The number of ether oxygens (including phenoxy) is 2. The fourth-order valence-corrected chi connectivity index (χ4v) is 4.68. The highest BCUT2D eigenvalue weighted by Crippen LogP contribution is 2.37. The number of esters is 1. The summed E-state index contributed by atoms with van der Waals surface area (Å²) in [5, 5.41) is 8.50. The SMILES string of the molecule is CCc1nn(C[C@@H](C)COC(=O)c2ccc(Cl)cc2)c2c1C(=O)NCC1(CCOCC1)C2. The molecule has 1 spiro atoms. The van der Waals surface area contributed by atoms with Crippen molar-refractivity contribution in [2.45, 2.75) is 46.1 Å². The molecule has 32 heavy (non-hydrogen) atoms. The minimum Gasteiger partial charge on any atom is -0.462 e. The van der Waals surface area contributed by atoms with Gasteiger partial charge in [-0.3, -0.25) is 9.48 Å². The van der Waals surface area contributed by atoms with E-state index in [-0.39, 0.29) is 29.8 Å². The Labute approximate surface area is 193 Å². The van der Waals surface area contributed by atoms with Crippen molar-refractivity contribution in [3.63, 3.8) is 0 Å². The minimum absolute atomic E-state index is 0.00619. The van der Waals surface area contributed by atoms with Crippen LogP contribution in [0, 0.1) is 11.3 Å². The van der Waals surface area contributed by atoms with Crippen molar-refractivity contribution in [3.05, 3.63) is 51.8 Å². The van der Waals surface area contributed by atoms with Crippen LogP contribution in [0.15, 0.2) is 24.3 Å². The lowest BCUT2D eigenvalue weighted by Gasteiger charge is -2.36. The van der Waals surface area contributed by atoms with E-state index in [1.54, 1.807) is 24.3 Å². The zero-order valence-corrected chi connectivity index (χ0v) is 19.4. The van der Waals surface area contributed by atoms with Crippen LogP contribution in [0.4, 0.5) is 0 Å². The lowest BCUT2D eigenvalue weighted by atomic mass is 9.76. The van der Waals surface area contributed by atoms with Crippen LogP contribution in [0.5, 0.6) is 0 Å². The number of benzene rings is 1. The van der Waals surface area contributed by atoms with Gasteiger partial charge >= 0.3 is 5.97 Å². The van der Waals surface area contributed by atoms with Gasteiger partial charge in [-0.25, -0.2) is 4.79 Å². The third-order valence-electron chi connectivity index (χ3n) is 6.48. The van der Waals surface area contributed by atoms with Crippen molar-refractivity contribution < 1.29 is 19.1 Å². The van der Waals surface area contributed by atoms with Gasteiger partial charge in [0.1, 0.15) is 0 Å². The lowest BCUT2D eigenvalue weighted by molar-refractivity contribution is 0.0151. The minimum atomic E-state index is -0.373. The van der Waals surface area contributed by atoms with E-state index < -0.39 is 0 Å². The summed E-state index contributed by atoms with van der Waals surface area (Å²) in [6.45, 7) is 7.00.